The van der Waals surface area contributed by atoms with Gasteiger partial charge in [-0.2, -0.15) is 0 Å². The van der Waals surface area contributed by atoms with E-state index in [-0.39, 0.29) is 6.10 Å². The van der Waals surface area contributed by atoms with Gasteiger partial charge in [0.1, 0.15) is 5.75 Å². The number of nitrogens with one attached hydrogen (secondary N) is 1. The Bertz CT molecular complexity index is 358. The highest BCUT2D eigenvalue weighted by atomic mass is 16.5. The van der Waals surface area contributed by atoms with Crippen molar-refractivity contribution in [2.75, 3.05) is 13.7 Å². The van der Waals surface area contributed by atoms with E-state index in [9.17, 15) is 5.11 Å². The lowest BCUT2D eigenvalue weighted by atomic mass is 10.00. The van der Waals surface area contributed by atoms with Crippen LogP contribution in [0.3, 0.4) is 0 Å². The molecule has 1 aromatic rings. The van der Waals surface area contributed by atoms with Crippen LogP contribution in [0.25, 0.3) is 0 Å². The molecule has 0 heterocycles. The monoisotopic (exact) mass is 263 g/mol. The van der Waals surface area contributed by atoms with Gasteiger partial charge in [-0.25, -0.2) is 0 Å². The summed E-state index contributed by atoms with van der Waals surface area (Å²) in [5.74, 6) is 1.63. The fourth-order valence-corrected chi connectivity index (χ4v) is 2.84. The van der Waals surface area contributed by atoms with E-state index in [1.165, 1.54) is 31.2 Å². The number of rotatable bonds is 7. The second-order valence-electron chi connectivity index (χ2n) is 5.52. The van der Waals surface area contributed by atoms with E-state index < -0.39 is 0 Å². The first-order chi connectivity index (χ1) is 9.28. The van der Waals surface area contributed by atoms with Crippen molar-refractivity contribution in [3.63, 3.8) is 0 Å². The Kier molecular flexibility index (Phi) is 5.67. The minimum absolute atomic E-state index is 0.207. The maximum Gasteiger partial charge on any atom is 0.118 e. The first-order valence-corrected chi connectivity index (χ1v) is 7.29. The predicted octanol–water partition coefficient (Wildman–Crippen LogP) is 2.73. The Labute approximate surface area is 116 Å². The number of ether oxygens (including phenoxy) is 1. The van der Waals surface area contributed by atoms with Crippen molar-refractivity contribution in [1.29, 1.82) is 0 Å². The number of hydrogen-bond donors (Lipinski definition) is 2. The zero-order chi connectivity index (χ0) is 13.5. The summed E-state index contributed by atoms with van der Waals surface area (Å²) < 4.78 is 5.13. The first kappa shape index (κ1) is 14.4. The van der Waals surface area contributed by atoms with Crippen LogP contribution in [0, 0.1) is 5.92 Å². The molecule has 0 amide bonds. The largest absolute Gasteiger partial charge is 0.497 e. The molecule has 0 saturated heterocycles. The molecule has 19 heavy (non-hydrogen) atoms. The van der Waals surface area contributed by atoms with Gasteiger partial charge in [0.05, 0.1) is 13.2 Å². The molecule has 2 N–H and O–H groups in total. The van der Waals surface area contributed by atoms with Crippen molar-refractivity contribution in [2.45, 2.75) is 44.8 Å². The van der Waals surface area contributed by atoms with Gasteiger partial charge in [-0.15, -0.1) is 0 Å². The second-order valence-corrected chi connectivity index (χ2v) is 5.52. The standard InChI is InChI=1S/C16H25NO2/c1-19-16-8-6-14(7-9-16)11-17-12-15(18)10-13-4-2-3-5-13/h6-9,13,15,17-18H,2-5,10-12H2,1H3. The maximum absolute atomic E-state index is 9.99. The van der Waals surface area contributed by atoms with Crippen molar-refractivity contribution >= 4 is 0 Å². The molecule has 1 aliphatic rings. The van der Waals surface area contributed by atoms with Crippen LogP contribution in [0.2, 0.25) is 0 Å². The average Bonchev–Trinajstić information content (AvgIpc) is 2.92. The zero-order valence-corrected chi connectivity index (χ0v) is 11.8. The van der Waals surface area contributed by atoms with Crippen LogP contribution >= 0.6 is 0 Å². The van der Waals surface area contributed by atoms with Gasteiger partial charge in [-0.1, -0.05) is 37.8 Å². The summed E-state index contributed by atoms with van der Waals surface area (Å²) in [6.07, 6.45) is 6.04. The average molecular weight is 263 g/mol. The summed E-state index contributed by atoms with van der Waals surface area (Å²) in [5, 5.41) is 13.3. The van der Waals surface area contributed by atoms with Gasteiger partial charge in [-0.3, -0.25) is 0 Å². The van der Waals surface area contributed by atoms with Crippen LogP contribution in [0.1, 0.15) is 37.7 Å². The number of hydrogen-bond acceptors (Lipinski definition) is 3. The molecule has 1 aromatic carbocycles. The Hall–Kier alpha value is -1.06. The van der Waals surface area contributed by atoms with Gasteiger partial charge in [0, 0.05) is 13.1 Å². The third-order valence-electron chi connectivity index (χ3n) is 3.95. The zero-order valence-electron chi connectivity index (χ0n) is 11.8. The van der Waals surface area contributed by atoms with Crippen LogP contribution in [0.15, 0.2) is 24.3 Å². The Morgan fingerprint density at radius 3 is 2.58 bits per heavy atom. The minimum Gasteiger partial charge on any atom is -0.497 e. The third-order valence-corrected chi connectivity index (χ3v) is 3.95. The smallest absolute Gasteiger partial charge is 0.118 e. The van der Waals surface area contributed by atoms with E-state index in [4.69, 9.17) is 4.74 Å². The van der Waals surface area contributed by atoms with Crippen molar-refractivity contribution in [2.24, 2.45) is 5.92 Å². The Balaban J connectivity index is 1.64. The molecule has 3 heteroatoms. The molecule has 2 rings (SSSR count). The lowest BCUT2D eigenvalue weighted by Crippen LogP contribution is -2.27. The molecule has 3 nitrogen and oxygen atoms in total. The molecule has 1 unspecified atom stereocenters. The third kappa shape index (κ3) is 4.84. The summed E-state index contributed by atoms with van der Waals surface area (Å²) in [6.45, 7) is 1.48. The number of benzene rings is 1. The molecule has 1 aliphatic carbocycles. The molecule has 0 aromatic heterocycles. The highest BCUT2D eigenvalue weighted by Gasteiger charge is 2.18. The molecular formula is C16H25NO2. The van der Waals surface area contributed by atoms with E-state index in [0.717, 1.165) is 24.6 Å². The summed E-state index contributed by atoms with van der Waals surface area (Å²) in [7, 11) is 1.67. The molecule has 1 fully saturated rings. The second kappa shape index (κ2) is 7.51. The molecule has 0 radical (unpaired) electrons. The highest BCUT2D eigenvalue weighted by Crippen LogP contribution is 2.28. The molecular weight excluding hydrogens is 238 g/mol. The molecule has 106 valence electrons. The van der Waals surface area contributed by atoms with Gasteiger partial charge in [0.2, 0.25) is 0 Å². The summed E-state index contributed by atoms with van der Waals surface area (Å²) >= 11 is 0. The molecule has 0 aliphatic heterocycles. The van der Waals surface area contributed by atoms with Crippen molar-refractivity contribution < 1.29 is 9.84 Å². The van der Waals surface area contributed by atoms with Gasteiger partial charge >= 0.3 is 0 Å². The number of methoxy groups -OCH3 is 1. The summed E-state index contributed by atoms with van der Waals surface area (Å²) in [5.41, 5.74) is 1.22. The number of aliphatic hydroxyl groups excluding tert-OH is 1. The molecule has 1 saturated carbocycles. The minimum atomic E-state index is -0.207. The normalized spacial score (nSPS) is 17.6. The van der Waals surface area contributed by atoms with E-state index in [0.29, 0.717) is 6.54 Å². The molecule has 0 spiro atoms. The lowest BCUT2D eigenvalue weighted by molar-refractivity contribution is 0.140. The number of aliphatic hydroxyl groups is 1. The Morgan fingerprint density at radius 1 is 1.26 bits per heavy atom. The van der Waals surface area contributed by atoms with Crippen LogP contribution in [-0.2, 0) is 6.54 Å². The fraction of sp³-hybridized carbons (Fsp3) is 0.625. The summed E-state index contributed by atoms with van der Waals surface area (Å²) in [6, 6.07) is 8.03. The van der Waals surface area contributed by atoms with Gasteiger partial charge < -0.3 is 15.2 Å². The summed E-state index contributed by atoms with van der Waals surface area (Å²) in [4.78, 5) is 0. The highest BCUT2D eigenvalue weighted by molar-refractivity contribution is 5.26. The van der Waals surface area contributed by atoms with Crippen molar-refractivity contribution in [3.05, 3.63) is 29.8 Å². The molecule has 0 bridgehead atoms. The fourth-order valence-electron chi connectivity index (χ4n) is 2.84. The van der Waals surface area contributed by atoms with Gasteiger partial charge in [-0.05, 0) is 30.0 Å². The first-order valence-electron chi connectivity index (χ1n) is 7.29. The quantitative estimate of drug-likeness (QED) is 0.795. The van der Waals surface area contributed by atoms with Crippen LogP contribution in [0.4, 0.5) is 0 Å². The van der Waals surface area contributed by atoms with Gasteiger partial charge in [0.15, 0.2) is 0 Å². The van der Waals surface area contributed by atoms with Crippen molar-refractivity contribution in [1.82, 2.24) is 5.32 Å². The van der Waals surface area contributed by atoms with E-state index in [1.54, 1.807) is 7.11 Å². The van der Waals surface area contributed by atoms with E-state index in [1.807, 2.05) is 12.1 Å². The topological polar surface area (TPSA) is 41.5 Å². The van der Waals surface area contributed by atoms with Crippen LogP contribution in [0.5, 0.6) is 5.75 Å². The van der Waals surface area contributed by atoms with E-state index in [2.05, 4.69) is 17.4 Å². The predicted molar refractivity (Wildman–Crippen MR) is 77.3 cm³/mol. The molecule has 1 atom stereocenters. The van der Waals surface area contributed by atoms with E-state index >= 15 is 0 Å². The van der Waals surface area contributed by atoms with Gasteiger partial charge in [0.25, 0.3) is 0 Å². The van der Waals surface area contributed by atoms with Crippen LogP contribution in [-0.4, -0.2) is 24.9 Å². The van der Waals surface area contributed by atoms with Crippen LogP contribution < -0.4 is 10.1 Å². The van der Waals surface area contributed by atoms with Crippen molar-refractivity contribution in [3.8, 4) is 5.75 Å². The maximum atomic E-state index is 9.99. The Morgan fingerprint density at radius 2 is 1.95 bits per heavy atom. The SMILES string of the molecule is COc1ccc(CNCC(O)CC2CCCC2)cc1. The lowest BCUT2D eigenvalue weighted by Gasteiger charge is -2.16.